The first-order chi connectivity index (χ1) is 4.70. The van der Waals surface area contributed by atoms with Gasteiger partial charge in [0.05, 0.1) is 0 Å². The Kier molecular flexibility index (Phi) is 5.12. The van der Waals surface area contributed by atoms with Gasteiger partial charge in [0.25, 0.3) is 0 Å². The topological polar surface area (TPSA) is 53.0 Å². The molecular weight excluding hydrogens is 173 g/mol. The summed E-state index contributed by atoms with van der Waals surface area (Å²) in [7, 11) is 0. The number of hydrogen-bond acceptors (Lipinski definition) is 3. The maximum atomic E-state index is 10.3. The zero-order valence-electron chi connectivity index (χ0n) is 6.40. The molecule has 0 amide bonds. The van der Waals surface area contributed by atoms with Gasteiger partial charge in [-0.05, 0) is 35.7 Å². The molecule has 1 aromatic rings. The molecule has 0 saturated heterocycles. The van der Waals surface area contributed by atoms with Crippen molar-refractivity contribution in [1.82, 2.24) is 4.98 Å². The van der Waals surface area contributed by atoms with Crippen molar-refractivity contribution >= 4 is 11.1 Å². The molecule has 11 heavy (non-hydrogen) atoms. The summed E-state index contributed by atoms with van der Waals surface area (Å²) < 4.78 is 20.6. The van der Waals surface area contributed by atoms with Gasteiger partial charge in [-0.15, -0.1) is 0 Å². The van der Waals surface area contributed by atoms with Crippen molar-refractivity contribution in [2.75, 3.05) is 0 Å². The van der Waals surface area contributed by atoms with E-state index in [1.807, 2.05) is 6.92 Å². The van der Waals surface area contributed by atoms with Gasteiger partial charge in [0.1, 0.15) is 5.03 Å². The molecule has 1 rings (SSSR count). The number of hydrogen-bond donors (Lipinski definition) is 0. The van der Waals surface area contributed by atoms with Gasteiger partial charge < -0.3 is 4.55 Å². The number of aryl methyl sites for hydroxylation is 1. The molecule has 0 N–H and O–H groups in total. The van der Waals surface area contributed by atoms with Crippen LogP contribution in [0.15, 0.2) is 23.4 Å². The average Bonchev–Trinajstić information content (AvgIpc) is 1.88. The summed E-state index contributed by atoms with van der Waals surface area (Å²) in [5.74, 6) is 0. The summed E-state index contributed by atoms with van der Waals surface area (Å²) in [5, 5.41) is 0.0972. The Morgan fingerprint density at radius 3 is 2.64 bits per heavy atom. The van der Waals surface area contributed by atoms with E-state index in [0.29, 0.717) is 0 Å². The zero-order chi connectivity index (χ0) is 7.56. The summed E-state index contributed by atoms with van der Waals surface area (Å²) in [5.41, 5.74) is 0.897. The van der Waals surface area contributed by atoms with Crippen molar-refractivity contribution in [3.8, 4) is 0 Å². The molecule has 0 bridgehead atoms. The molecule has 0 spiro atoms. The van der Waals surface area contributed by atoms with Gasteiger partial charge in [0, 0.05) is 6.20 Å². The van der Waals surface area contributed by atoms with Gasteiger partial charge in [-0.25, -0.2) is 4.98 Å². The Morgan fingerprint density at radius 2 is 2.27 bits per heavy atom. The van der Waals surface area contributed by atoms with E-state index in [1.54, 1.807) is 6.07 Å². The van der Waals surface area contributed by atoms with Crippen molar-refractivity contribution in [3.63, 3.8) is 0 Å². The minimum absolute atomic E-state index is 0. The molecular formula is C6H6NNaO2S. The van der Waals surface area contributed by atoms with Gasteiger partial charge in [-0.2, -0.15) is 0 Å². The van der Waals surface area contributed by atoms with E-state index >= 15 is 0 Å². The number of rotatable bonds is 1. The van der Waals surface area contributed by atoms with Crippen LogP contribution in [-0.4, -0.2) is 13.7 Å². The SMILES string of the molecule is Cc1ccnc(S(=O)[O-])c1.[Na+]. The van der Waals surface area contributed by atoms with Gasteiger partial charge >= 0.3 is 29.6 Å². The Balaban J connectivity index is 0.000001000. The second-order valence-electron chi connectivity index (χ2n) is 1.91. The third kappa shape index (κ3) is 3.44. The fraction of sp³-hybridized carbons (Fsp3) is 0.167. The number of pyridine rings is 1. The third-order valence-electron chi connectivity index (χ3n) is 1.06. The van der Waals surface area contributed by atoms with Gasteiger partial charge in [0.15, 0.2) is 0 Å². The predicted molar refractivity (Wildman–Crippen MR) is 36.2 cm³/mol. The Labute approximate surface area is 89.8 Å². The molecule has 3 nitrogen and oxygen atoms in total. The maximum absolute atomic E-state index is 10.3. The standard InChI is InChI=1S/C6H7NO2S.Na/c1-5-2-3-7-6(4-5)10(8)9;/h2-4H,1H3,(H,8,9);/q;+1/p-1. The fourth-order valence-electron chi connectivity index (χ4n) is 0.600. The van der Waals surface area contributed by atoms with Crippen LogP contribution in [0.25, 0.3) is 0 Å². The molecule has 5 heteroatoms. The minimum Gasteiger partial charge on any atom is -0.767 e. The van der Waals surface area contributed by atoms with Crippen LogP contribution in [-0.2, 0) is 11.1 Å². The first-order valence-corrected chi connectivity index (χ1v) is 3.79. The molecule has 0 aliphatic carbocycles. The summed E-state index contributed by atoms with van der Waals surface area (Å²) in [6.07, 6.45) is 1.47. The molecule has 0 aliphatic rings. The summed E-state index contributed by atoms with van der Waals surface area (Å²) in [6.45, 7) is 1.82. The Hall–Kier alpha value is 0.260. The molecule has 1 atom stereocenters. The average molecular weight is 179 g/mol. The van der Waals surface area contributed by atoms with Crippen LogP contribution in [0.5, 0.6) is 0 Å². The van der Waals surface area contributed by atoms with E-state index in [4.69, 9.17) is 0 Å². The number of nitrogens with zero attached hydrogens (tertiary/aromatic N) is 1. The number of aromatic nitrogens is 1. The third-order valence-corrected chi connectivity index (χ3v) is 1.63. The van der Waals surface area contributed by atoms with Crippen LogP contribution >= 0.6 is 0 Å². The smallest absolute Gasteiger partial charge is 0.767 e. The zero-order valence-corrected chi connectivity index (χ0v) is 9.22. The van der Waals surface area contributed by atoms with Crippen molar-refractivity contribution in [1.29, 1.82) is 0 Å². The summed E-state index contributed by atoms with van der Waals surface area (Å²) in [6, 6.07) is 3.26. The van der Waals surface area contributed by atoms with Crippen molar-refractivity contribution in [2.24, 2.45) is 0 Å². The Bertz CT molecular complexity index is 267. The second kappa shape index (κ2) is 5.00. The molecule has 54 valence electrons. The van der Waals surface area contributed by atoms with Crippen LogP contribution in [0.4, 0.5) is 0 Å². The molecule has 0 saturated carbocycles. The predicted octanol–water partition coefficient (Wildman–Crippen LogP) is -2.37. The summed E-state index contributed by atoms with van der Waals surface area (Å²) in [4.78, 5) is 3.63. The monoisotopic (exact) mass is 179 g/mol. The van der Waals surface area contributed by atoms with Gasteiger partial charge in [-0.3, -0.25) is 4.21 Å². The second-order valence-corrected chi connectivity index (χ2v) is 2.79. The molecule has 0 radical (unpaired) electrons. The van der Waals surface area contributed by atoms with Crippen molar-refractivity contribution < 1.29 is 38.3 Å². The first kappa shape index (κ1) is 11.3. The van der Waals surface area contributed by atoms with Crippen LogP contribution in [0.2, 0.25) is 0 Å². The van der Waals surface area contributed by atoms with E-state index in [9.17, 15) is 8.76 Å². The van der Waals surface area contributed by atoms with Gasteiger partial charge in [-0.1, -0.05) is 0 Å². The van der Waals surface area contributed by atoms with E-state index in [0.717, 1.165) is 5.56 Å². The van der Waals surface area contributed by atoms with E-state index in [-0.39, 0.29) is 34.6 Å². The molecule has 0 fully saturated rings. The summed E-state index contributed by atoms with van der Waals surface area (Å²) >= 11 is -2.20. The minimum atomic E-state index is -2.20. The quantitative estimate of drug-likeness (QED) is 0.358. The fourth-order valence-corrected chi connectivity index (χ4v) is 1.03. The maximum Gasteiger partial charge on any atom is 1.00 e. The van der Waals surface area contributed by atoms with Crippen LogP contribution in [0.1, 0.15) is 5.56 Å². The molecule has 1 heterocycles. The largest absolute Gasteiger partial charge is 1.00 e. The molecule has 1 aromatic heterocycles. The van der Waals surface area contributed by atoms with E-state index in [1.165, 1.54) is 12.3 Å². The van der Waals surface area contributed by atoms with Crippen LogP contribution in [0, 0.1) is 6.92 Å². The van der Waals surface area contributed by atoms with E-state index in [2.05, 4.69) is 4.98 Å². The molecule has 0 aromatic carbocycles. The van der Waals surface area contributed by atoms with Crippen molar-refractivity contribution in [2.45, 2.75) is 11.9 Å². The molecule has 0 aliphatic heterocycles. The van der Waals surface area contributed by atoms with Gasteiger partial charge in [0.2, 0.25) is 0 Å². The molecule has 1 unspecified atom stereocenters. The van der Waals surface area contributed by atoms with Crippen LogP contribution < -0.4 is 29.6 Å². The van der Waals surface area contributed by atoms with Crippen molar-refractivity contribution in [3.05, 3.63) is 23.9 Å². The van der Waals surface area contributed by atoms with Crippen LogP contribution in [0.3, 0.4) is 0 Å². The normalized spacial score (nSPS) is 11.8. The Morgan fingerprint density at radius 1 is 1.64 bits per heavy atom. The first-order valence-electron chi connectivity index (χ1n) is 2.72. The van der Waals surface area contributed by atoms with E-state index < -0.39 is 11.1 Å².